The highest BCUT2D eigenvalue weighted by molar-refractivity contribution is 6.31. The molecule has 3 aromatic rings. The van der Waals surface area contributed by atoms with Gasteiger partial charge in [-0.1, -0.05) is 62.2 Å². The van der Waals surface area contributed by atoms with Gasteiger partial charge in [0.15, 0.2) is 5.82 Å². The summed E-state index contributed by atoms with van der Waals surface area (Å²) in [7, 11) is 0. The summed E-state index contributed by atoms with van der Waals surface area (Å²) in [5.41, 5.74) is -2.86. The number of hydrogen-bond donors (Lipinski definition) is 2. The Labute approximate surface area is 265 Å². The summed E-state index contributed by atoms with van der Waals surface area (Å²) < 4.78 is 38.2. The number of hydrogen-bond acceptors (Lipinski definition) is 6. The summed E-state index contributed by atoms with van der Waals surface area (Å²) in [6.45, 7) is 10.9. The zero-order valence-corrected chi connectivity index (χ0v) is 26.9. The lowest BCUT2D eigenvalue weighted by Gasteiger charge is -2.37. The number of carbonyl (C=O) groups excluding carboxylic acids is 2. The van der Waals surface area contributed by atoms with Crippen LogP contribution in [-0.4, -0.2) is 39.3 Å². The first-order valence-electron chi connectivity index (χ1n) is 14.1. The molecule has 0 bridgehead atoms. The fraction of sp³-hybridized carbons (Fsp3) is 0.438. The summed E-state index contributed by atoms with van der Waals surface area (Å²) in [5.74, 6) is -3.83. The van der Waals surface area contributed by atoms with Gasteiger partial charge in [0.25, 0.3) is 0 Å². The number of anilines is 1. The molecule has 2 aromatic carbocycles. The topological polar surface area (TPSA) is 109 Å². The standard InChI is InChI=1S/C32H35Cl2F2N5O3/c1-30(2,3)15-23-32(17-37,20-11-10-18(33)14-22(20)35)26(19-8-7-9-21(34)27(19)36)28(38-23)29(43)39-24-12-13-41(40-24)16-25(42)44-31(4,5)6/h7-14,23,26,28,38H,15-16H2,1-6H3,(H,39,40,43)/t23-,26-,28+,32-/m0/s1. The molecule has 1 aliphatic rings. The van der Waals surface area contributed by atoms with Gasteiger partial charge < -0.3 is 15.4 Å². The maximum Gasteiger partial charge on any atom is 0.328 e. The monoisotopic (exact) mass is 645 g/mol. The van der Waals surface area contributed by atoms with E-state index in [2.05, 4.69) is 21.8 Å². The summed E-state index contributed by atoms with van der Waals surface area (Å²) in [5, 5.41) is 21.1. The molecule has 8 nitrogen and oxygen atoms in total. The average Bonchev–Trinajstić information content (AvgIpc) is 3.45. The summed E-state index contributed by atoms with van der Waals surface area (Å²) in [4.78, 5) is 26.3. The number of aromatic nitrogens is 2. The molecular weight excluding hydrogens is 611 g/mol. The van der Waals surface area contributed by atoms with Crippen molar-refractivity contribution >= 4 is 40.9 Å². The Bertz CT molecular complexity index is 1610. The van der Waals surface area contributed by atoms with Crippen molar-refractivity contribution in [3.63, 3.8) is 0 Å². The molecule has 44 heavy (non-hydrogen) atoms. The number of rotatable bonds is 7. The van der Waals surface area contributed by atoms with Gasteiger partial charge in [-0.2, -0.15) is 10.4 Å². The first-order chi connectivity index (χ1) is 20.4. The second kappa shape index (κ2) is 12.5. The first-order valence-corrected chi connectivity index (χ1v) is 14.8. The minimum atomic E-state index is -1.76. The van der Waals surface area contributed by atoms with Crippen molar-refractivity contribution in [2.45, 2.75) is 83.5 Å². The number of nitrogens with one attached hydrogen (secondary N) is 2. The van der Waals surface area contributed by atoms with Gasteiger partial charge in [0.1, 0.15) is 29.2 Å². The Balaban J connectivity index is 1.80. The molecular formula is C32H35Cl2F2N5O3. The number of carbonyl (C=O) groups is 2. The second-order valence-electron chi connectivity index (χ2n) is 13.2. The van der Waals surface area contributed by atoms with Crippen LogP contribution in [0.1, 0.15) is 65.0 Å². The quantitative estimate of drug-likeness (QED) is 0.275. The van der Waals surface area contributed by atoms with Crippen molar-refractivity contribution in [3.05, 3.63) is 81.5 Å². The van der Waals surface area contributed by atoms with E-state index in [1.807, 2.05) is 20.8 Å². The SMILES string of the molecule is CC(C)(C)C[C@@H]1N[C@@H](C(=O)Nc2ccn(CC(=O)OC(C)(C)C)n2)[C@H](c2cccc(Cl)c2F)[C@@]1(C#N)c1ccc(Cl)cc1F. The molecule has 234 valence electrons. The minimum absolute atomic E-state index is 0.0204. The predicted molar refractivity (Wildman–Crippen MR) is 164 cm³/mol. The molecule has 4 rings (SSSR count). The smallest absolute Gasteiger partial charge is 0.328 e. The Morgan fingerprint density at radius 2 is 1.84 bits per heavy atom. The number of ether oxygens (including phenoxy) is 1. The second-order valence-corrected chi connectivity index (χ2v) is 14.0. The molecule has 1 fully saturated rings. The van der Waals surface area contributed by atoms with Crippen LogP contribution < -0.4 is 10.6 Å². The van der Waals surface area contributed by atoms with Crippen LogP contribution in [-0.2, 0) is 26.3 Å². The molecule has 1 aromatic heterocycles. The van der Waals surface area contributed by atoms with Crippen molar-refractivity contribution in [3.8, 4) is 6.07 Å². The van der Waals surface area contributed by atoms with Gasteiger partial charge in [-0.05, 0) is 56.4 Å². The van der Waals surface area contributed by atoms with Crippen LogP contribution in [0.5, 0.6) is 0 Å². The zero-order valence-electron chi connectivity index (χ0n) is 25.3. The van der Waals surface area contributed by atoms with Gasteiger partial charge in [0, 0.05) is 34.8 Å². The lowest BCUT2D eigenvalue weighted by molar-refractivity contribution is -0.155. The largest absolute Gasteiger partial charge is 0.459 e. The van der Waals surface area contributed by atoms with E-state index < -0.39 is 52.5 Å². The van der Waals surface area contributed by atoms with E-state index in [4.69, 9.17) is 27.9 Å². The van der Waals surface area contributed by atoms with Crippen LogP contribution in [0.3, 0.4) is 0 Å². The van der Waals surface area contributed by atoms with Crippen LogP contribution >= 0.6 is 23.2 Å². The first kappa shape index (κ1) is 33.4. The number of amides is 1. The molecule has 1 aliphatic heterocycles. The van der Waals surface area contributed by atoms with Crippen molar-refractivity contribution in [1.29, 1.82) is 5.26 Å². The third kappa shape index (κ3) is 7.06. The molecule has 0 spiro atoms. The minimum Gasteiger partial charge on any atom is -0.459 e. The van der Waals surface area contributed by atoms with E-state index in [-0.39, 0.29) is 38.9 Å². The van der Waals surface area contributed by atoms with Crippen molar-refractivity contribution in [2.75, 3.05) is 5.32 Å². The molecule has 2 N–H and O–H groups in total. The Morgan fingerprint density at radius 1 is 1.14 bits per heavy atom. The van der Waals surface area contributed by atoms with E-state index in [9.17, 15) is 14.9 Å². The number of esters is 1. The molecule has 12 heteroatoms. The average molecular weight is 647 g/mol. The molecule has 0 unspecified atom stereocenters. The van der Waals surface area contributed by atoms with E-state index in [1.165, 1.54) is 47.3 Å². The van der Waals surface area contributed by atoms with E-state index in [0.717, 1.165) is 6.07 Å². The van der Waals surface area contributed by atoms with Gasteiger partial charge >= 0.3 is 5.97 Å². The van der Waals surface area contributed by atoms with Crippen molar-refractivity contribution in [1.82, 2.24) is 15.1 Å². The maximum absolute atomic E-state index is 15.8. The summed E-state index contributed by atoms with van der Waals surface area (Å²) in [6, 6.07) is 10.1. The van der Waals surface area contributed by atoms with Crippen LogP contribution in [0.15, 0.2) is 48.7 Å². The van der Waals surface area contributed by atoms with Gasteiger partial charge in [-0.15, -0.1) is 0 Å². The lowest BCUT2D eigenvalue weighted by atomic mass is 9.62. The number of nitriles is 1. The normalized spacial score (nSPS) is 22.0. The van der Waals surface area contributed by atoms with Crippen LogP contribution in [0.25, 0.3) is 0 Å². The molecule has 0 aliphatic carbocycles. The Kier molecular flexibility index (Phi) is 9.46. The number of halogens is 4. The van der Waals surface area contributed by atoms with E-state index in [1.54, 1.807) is 20.8 Å². The molecule has 2 heterocycles. The molecule has 1 amide bonds. The predicted octanol–water partition coefficient (Wildman–Crippen LogP) is 6.77. The molecule has 0 radical (unpaired) electrons. The van der Waals surface area contributed by atoms with Crippen molar-refractivity contribution < 1.29 is 23.1 Å². The summed E-state index contributed by atoms with van der Waals surface area (Å²) in [6.07, 6.45) is 1.83. The van der Waals surface area contributed by atoms with Crippen LogP contribution in [0.2, 0.25) is 10.0 Å². The van der Waals surface area contributed by atoms with E-state index in [0.29, 0.717) is 6.42 Å². The van der Waals surface area contributed by atoms with Gasteiger partial charge in [-0.25, -0.2) is 8.78 Å². The highest BCUT2D eigenvalue weighted by Gasteiger charge is 2.61. The zero-order chi connectivity index (χ0) is 32.6. The maximum atomic E-state index is 15.8. The number of benzene rings is 2. The van der Waals surface area contributed by atoms with Gasteiger partial charge in [0.2, 0.25) is 5.91 Å². The van der Waals surface area contributed by atoms with Crippen LogP contribution in [0, 0.1) is 28.4 Å². The molecule has 4 atom stereocenters. The summed E-state index contributed by atoms with van der Waals surface area (Å²) >= 11 is 12.3. The molecule has 0 saturated carbocycles. The van der Waals surface area contributed by atoms with E-state index >= 15 is 8.78 Å². The number of nitrogens with zero attached hydrogens (tertiary/aromatic N) is 3. The van der Waals surface area contributed by atoms with Gasteiger partial charge in [-0.3, -0.25) is 14.3 Å². The van der Waals surface area contributed by atoms with Crippen LogP contribution in [0.4, 0.5) is 14.6 Å². The third-order valence-corrected chi connectivity index (χ3v) is 7.86. The molecule has 1 saturated heterocycles. The highest BCUT2D eigenvalue weighted by atomic mass is 35.5. The van der Waals surface area contributed by atoms with Crippen molar-refractivity contribution in [2.24, 2.45) is 5.41 Å². The fourth-order valence-electron chi connectivity index (χ4n) is 5.78. The Hall–Kier alpha value is -3.52. The Morgan fingerprint density at radius 3 is 2.45 bits per heavy atom. The third-order valence-electron chi connectivity index (χ3n) is 7.33. The fourth-order valence-corrected chi connectivity index (χ4v) is 6.12. The lowest BCUT2D eigenvalue weighted by Crippen LogP contribution is -2.45. The van der Waals surface area contributed by atoms with Gasteiger partial charge in [0.05, 0.1) is 17.1 Å². The highest BCUT2D eigenvalue weighted by Crippen LogP contribution is 2.52.